The lowest BCUT2D eigenvalue weighted by Crippen LogP contribution is -2.29. The van der Waals surface area contributed by atoms with Crippen molar-refractivity contribution >= 4 is 11.8 Å². The Labute approximate surface area is 110 Å². The van der Waals surface area contributed by atoms with E-state index in [1.807, 2.05) is 6.07 Å². The summed E-state index contributed by atoms with van der Waals surface area (Å²) in [5, 5.41) is 10.2. The van der Waals surface area contributed by atoms with Gasteiger partial charge in [-0.25, -0.2) is 4.98 Å². The number of carbonyl (C=O) groups excluding carboxylic acids is 1. The third-order valence-electron chi connectivity index (χ3n) is 2.26. The molecule has 102 valence electrons. The minimum absolute atomic E-state index is 0.0342. The van der Waals surface area contributed by atoms with E-state index < -0.39 is 18.0 Å². The number of aromatic nitrogens is 1. The molecule has 0 aliphatic rings. The van der Waals surface area contributed by atoms with Gasteiger partial charge in [-0.2, -0.15) is 18.4 Å². The highest BCUT2D eigenvalue weighted by atomic mass is 19.4. The molecule has 2 rings (SSSR count). The van der Waals surface area contributed by atoms with Crippen LogP contribution in [0.5, 0.6) is 0 Å². The Morgan fingerprint density at radius 1 is 1.30 bits per heavy atom. The summed E-state index contributed by atoms with van der Waals surface area (Å²) in [4.78, 5) is 14.4. The third-order valence-corrected chi connectivity index (χ3v) is 2.26. The molecule has 0 aliphatic carbocycles. The van der Waals surface area contributed by atoms with Crippen LogP contribution in [0.4, 0.5) is 19.1 Å². The first-order chi connectivity index (χ1) is 9.40. The first-order valence-corrected chi connectivity index (χ1v) is 5.24. The number of nitrogens with zero attached hydrogens (tertiary/aromatic N) is 2. The zero-order chi connectivity index (χ0) is 14.8. The van der Waals surface area contributed by atoms with E-state index in [0.717, 1.165) is 6.20 Å². The Morgan fingerprint density at radius 3 is 2.50 bits per heavy atom. The molecule has 2 aromatic rings. The van der Waals surface area contributed by atoms with Crippen LogP contribution in [0, 0.1) is 11.3 Å². The van der Waals surface area contributed by atoms with Gasteiger partial charge in [0.05, 0.1) is 17.8 Å². The largest absolute Gasteiger partial charge is 0.471 e. The first kappa shape index (κ1) is 13.6. The average molecular weight is 281 g/mol. The molecule has 0 saturated carbocycles. The average Bonchev–Trinajstić information content (AvgIpc) is 2.86. The van der Waals surface area contributed by atoms with E-state index in [2.05, 4.69) is 4.98 Å². The fraction of sp³-hybridized carbons (Fsp3) is 0.0833. The van der Waals surface area contributed by atoms with Gasteiger partial charge < -0.3 is 4.42 Å². The second-order valence-electron chi connectivity index (χ2n) is 3.67. The highest BCUT2D eigenvalue weighted by molar-refractivity contribution is 5.93. The number of benzene rings is 1. The summed E-state index contributed by atoms with van der Waals surface area (Å²) in [5.74, 6) is -2.52. The smallest absolute Gasteiger partial charge is 0.420 e. The number of rotatable bonds is 2. The molecule has 1 aromatic carbocycles. The lowest BCUT2D eigenvalue weighted by molar-refractivity contribution is -0.167. The van der Waals surface area contributed by atoms with Gasteiger partial charge in [-0.1, -0.05) is 0 Å². The summed E-state index contributed by atoms with van der Waals surface area (Å²) in [6.45, 7) is 0. The van der Waals surface area contributed by atoms with Crippen LogP contribution in [-0.2, 0) is 4.79 Å². The van der Waals surface area contributed by atoms with E-state index in [0.29, 0.717) is 11.1 Å². The van der Waals surface area contributed by atoms with Crippen molar-refractivity contribution in [3.05, 3.63) is 36.0 Å². The molecular formula is C12H6F3N3O2. The quantitative estimate of drug-likeness (QED) is 0.917. The molecule has 1 aromatic heterocycles. The molecule has 1 amide bonds. The van der Waals surface area contributed by atoms with Crippen LogP contribution < -0.4 is 5.32 Å². The third kappa shape index (κ3) is 2.95. The van der Waals surface area contributed by atoms with Crippen molar-refractivity contribution in [1.82, 2.24) is 4.98 Å². The minimum atomic E-state index is -5.00. The van der Waals surface area contributed by atoms with Gasteiger partial charge in [-0.05, 0) is 24.3 Å². The second kappa shape index (κ2) is 5.05. The summed E-state index contributed by atoms with van der Waals surface area (Å²) in [7, 11) is 0. The maximum absolute atomic E-state index is 12.0. The molecule has 0 saturated heterocycles. The van der Waals surface area contributed by atoms with Crippen LogP contribution in [0.25, 0.3) is 11.5 Å². The Kier molecular flexibility index (Phi) is 3.43. The Balaban J connectivity index is 2.16. The normalized spacial score (nSPS) is 10.9. The number of halogens is 3. The Bertz CT molecular complexity index is 668. The molecular weight excluding hydrogens is 275 g/mol. The molecule has 1 heterocycles. The van der Waals surface area contributed by atoms with E-state index in [-0.39, 0.29) is 5.89 Å². The van der Waals surface area contributed by atoms with Gasteiger partial charge in [0.25, 0.3) is 0 Å². The number of hydrogen-bond acceptors (Lipinski definition) is 4. The summed E-state index contributed by atoms with van der Waals surface area (Å²) in [6.07, 6.45) is -4.03. The zero-order valence-electron chi connectivity index (χ0n) is 9.73. The van der Waals surface area contributed by atoms with E-state index >= 15 is 0 Å². The van der Waals surface area contributed by atoms with Crippen molar-refractivity contribution in [3.63, 3.8) is 0 Å². The fourth-order valence-electron chi connectivity index (χ4n) is 1.34. The number of carbonyl (C=O) groups is 1. The van der Waals surface area contributed by atoms with Gasteiger partial charge in [-0.3, -0.25) is 10.1 Å². The monoisotopic (exact) mass is 281 g/mol. The number of alkyl halides is 3. The van der Waals surface area contributed by atoms with E-state index in [9.17, 15) is 18.0 Å². The van der Waals surface area contributed by atoms with Crippen molar-refractivity contribution in [2.45, 2.75) is 6.18 Å². The zero-order valence-corrected chi connectivity index (χ0v) is 9.73. The number of amides is 1. The summed E-state index contributed by atoms with van der Waals surface area (Å²) >= 11 is 0. The highest BCUT2D eigenvalue weighted by Crippen LogP contribution is 2.24. The number of oxazole rings is 1. The van der Waals surface area contributed by atoms with Crippen LogP contribution in [0.1, 0.15) is 5.56 Å². The highest BCUT2D eigenvalue weighted by Gasteiger charge is 2.39. The van der Waals surface area contributed by atoms with E-state index in [1.165, 1.54) is 24.3 Å². The van der Waals surface area contributed by atoms with Crippen LogP contribution in [-0.4, -0.2) is 17.1 Å². The SMILES string of the molecule is N#Cc1ccc(-c2ncc(NC(=O)C(F)(F)F)o2)cc1. The molecule has 0 fully saturated rings. The molecule has 8 heteroatoms. The molecule has 1 N–H and O–H groups in total. The van der Waals surface area contributed by atoms with Gasteiger partial charge in [0, 0.05) is 5.56 Å². The van der Waals surface area contributed by atoms with Gasteiger partial charge >= 0.3 is 12.1 Å². The van der Waals surface area contributed by atoms with Crippen molar-refractivity contribution in [2.24, 2.45) is 0 Å². The molecule has 20 heavy (non-hydrogen) atoms. The van der Waals surface area contributed by atoms with Crippen molar-refractivity contribution in [1.29, 1.82) is 5.26 Å². The minimum Gasteiger partial charge on any atom is -0.420 e. The van der Waals surface area contributed by atoms with Gasteiger partial charge in [0.2, 0.25) is 11.8 Å². The first-order valence-electron chi connectivity index (χ1n) is 5.24. The molecule has 5 nitrogen and oxygen atoms in total. The van der Waals surface area contributed by atoms with E-state index in [4.69, 9.17) is 9.68 Å². The lowest BCUT2D eigenvalue weighted by Gasteiger charge is -2.04. The molecule has 0 spiro atoms. The number of nitriles is 1. The van der Waals surface area contributed by atoms with Crippen LogP contribution in [0.3, 0.4) is 0 Å². The standard InChI is InChI=1S/C12H6F3N3O2/c13-12(14,15)11(19)18-9-6-17-10(20-9)8-3-1-7(5-16)2-4-8/h1-4,6H,(H,18,19). The Morgan fingerprint density at radius 2 is 1.95 bits per heavy atom. The summed E-state index contributed by atoms with van der Waals surface area (Å²) in [5.41, 5.74) is 0.891. The molecule has 0 atom stereocenters. The van der Waals surface area contributed by atoms with Crippen molar-refractivity contribution < 1.29 is 22.4 Å². The predicted molar refractivity (Wildman–Crippen MR) is 61.3 cm³/mol. The number of nitrogens with one attached hydrogen (secondary N) is 1. The van der Waals surface area contributed by atoms with Crippen molar-refractivity contribution in [3.8, 4) is 17.5 Å². The number of anilines is 1. The maximum Gasteiger partial charge on any atom is 0.471 e. The molecule has 0 radical (unpaired) electrons. The van der Waals surface area contributed by atoms with Crippen LogP contribution in [0.2, 0.25) is 0 Å². The van der Waals surface area contributed by atoms with Crippen LogP contribution >= 0.6 is 0 Å². The van der Waals surface area contributed by atoms with E-state index in [1.54, 1.807) is 5.32 Å². The molecule has 0 bridgehead atoms. The molecule has 0 unspecified atom stereocenters. The summed E-state index contributed by atoms with van der Waals surface area (Å²) in [6, 6.07) is 7.99. The van der Waals surface area contributed by atoms with Gasteiger partial charge in [0.15, 0.2) is 0 Å². The molecule has 0 aliphatic heterocycles. The van der Waals surface area contributed by atoms with Crippen LogP contribution in [0.15, 0.2) is 34.9 Å². The van der Waals surface area contributed by atoms with Gasteiger partial charge in [0.1, 0.15) is 0 Å². The predicted octanol–water partition coefficient (Wildman–Crippen LogP) is 2.71. The Hall–Kier alpha value is -2.82. The lowest BCUT2D eigenvalue weighted by atomic mass is 10.1. The van der Waals surface area contributed by atoms with Gasteiger partial charge in [-0.15, -0.1) is 0 Å². The summed E-state index contributed by atoms with van der Waals surface area (Å²) < 4.78 is 41.1. The number of hydrogen-bond donors (Lipinski definition) is 1. The second-order valence-corrected chi connectivity index (χ2v) is 3.67. The topological polar surface area (TPSA) is 78.9 Å². The fourth-order valence-corrected chi connectivity index (χ4v) is 1.34. The van der Waals surface area contributed by atoms with Crippen molar-refractivity contribution in [2.75, 3.05) is 5.32 Å². The maximum atomic E-state index is 12.0.